The van der Waals surface area contributed by atoms with Crippen molar-refractivity contribution in [3.63, 3.8) is 0 Å². The molecule has 0 fully saturated rings. The van der Waals surface area contributed by atoms with Gasteiger partial charge >= 0.3 is 210 Å². The van der Waals surface area contributed by atoms with Crippen molar-refractivity contribution >= 4 is 42.2 Å². The van der Waals surface area contributed by atoms with Crippen molar-refractivity contribution in [2.45, 2.75) is 129 Å². The summed E-state index contributed by atoms with van der Waals surface area (Å²) in [6.45, 7) is 2.30. The predicted octanol–water partition coefficient (Wildman–Crippen LogP) is 12.3. The van der Waals surface area contributed by atoms with E-state index in [1.165, 1.54) is 144 Å². The Morgan fingerprint density at radius 1 is 0.366 bits per heavy atom. The summed E-state index contributed by atoms with van der Waals surface area (Å²) in [5.74, 6) is 0. The molecule has 226 valence electrons. The first-order valence-corrected chi connectivity index (χ1v) is 22.3. The molecule has 0 N–H and O–H groups in total. The van der Waals surface area contributed by atoms with E-state index in [9.17, 15) is 0 Å². The Kier molecular flexibility index (Phi) is 16.7. The molecule has 0 amide bonds. The Balaban J connectivity index is 1.36. The zero-order valence-electron chi connectivity index (χ0n) is 26.1. The Morgan fingerprint density at radius 3 is 0.878 bits per heavy atom. The van der Waals surface area contributed by atoms with Crippen molar-refractivity contribution in [1.82, 2.24) is 0 Å². The SMILES string of the molecule is CCCCCCCCCCCCCCCCCCCCCP(I)(c1ccccc1)(c1ccccc1)c1ccccc1. The molecule has 0 aliphatic rings. The summed E-state index contributed by atoms with van der Waals surface area (Å²) >= 11 is 2.94. The Bertz CT molecular complexity index is 934. The summed E-state index contributed by atoms with van der Waals surface area (Å²) in [7, 11) is 0. The number of hydrogen-bond donors (Lipinski definition) is 0. The van der Waals surface area contributed by atoms with Gasteiger partial charge in [-0.3, -0.25) is 0 Å². The zero-order valence-corrected chi connectivity index (χ0v) is 29.2. The Hall–Kier alpha value is -1.18. The Labute approximate surface area is 266 Å². The fourth-order valence-electron chi connectivity index (χ4n) is 6.54. The monoisotopic (exact) mass is 684 g/mol. The van der Waals surface area contributed by atoms with E-state index in [1.54, 1.807) is 0 Å². The number of benzene rings is 3. The predicted molar refractivity (Wildman–Crippen MR) is 197 cm³/mol. The van der Waals surface area contributed by atoms with E-state index in [-0.39, 0.29) is 0 Å². The fraction of sp³-hybridized carbons (Fsp3) is 0.538. The van der Waals surface area contributed by atoms with E-state index >= 15 is 0 Å². The second-order valence-corrected chi connectivity index (χ2v) is 23.0. The van der Waals surface area contributed by atoms with E-state index in [1.807, 2.05) is 0 Å². The third-order valence-electron chi connectivity index (χ3n) is 9.07. The van der Waals surface area contributed by atoms with Crippen molar-refractivity contribution in [2.24, 2.45) is 0 Å². The molecular weight excluding hydrogens is 626 g/mol. The average Bonchev–Trinajstić information content (AvgIpc) is 3.03. The summed E-state index contributed by atoms with van der Waals surface area (Å²) in [6, 6.07) is 34.2. The van der Waals surface area contributed by atoms with Crippen LogP contribution in [0.2, 0.25) is 0 Å². The second kappa shape index (κ2) is 19.9. The standard InChI is InChI=1S/C39H58IP/c1-2-3-4-5-6-7-8-9-10-11-12-13-14-15-16-17-18-19-29-36-41(40,37-30-23-20-24-31-37,38-32-25-21-26-33-38)39-34-27-22-28-35-39/h20-28,30-35H,2-19,29,36H2,1H3. The van der Waals surface area contributed by atoms with Crippen LogP contribution in [0.5, 0.6) is 0 Å². The molecule has 41 heavy (non-hydrogen) atoms. The van der Waals surface area contributed by atoms with Gasteiger partial charge in [0.2, 0.25) is 0 Å². The molecule has 0 atom stereocenters. The molecule has 0 spiro atoms. The minimum atomic E-state index is -2.58. The van der Waals surface area contributed by atoms with E-state index in [0.717, 1.165) is 0 Å². The quantitative estimate of drug-likeness (QED) is 0.0530. The molecular formula is C39H58IP. The molecule has 0 bridgehead atoms. The van der Waals surface area contributed by atoms with Gasteiger partial charge < -0.3 is 0 Å². The topological polar surface area (TPSA) is 0 Å². The van der Waals surface area contributed by atoms with Crippen LogP contribution >= 0.6 is 26.3 Å². The van der Waals surface area contributed by atoms with Gasteiger partial charge in [-0.05, 0) is 0 Å². The molecule has 3 rings (SSSR count). The maximum atomic E-state index is 2.94. The molecule has 3 aromatic rings. The number of hydrogen-bond acceptors (Lipinski definition) is 0. The molecule has 0 heterocycles. The van der Waals surface area contributed by atoms with Gasteiger partial charge in [0.15, 0.2) is 0 Å². The van der Waals surface area contributed by atoms with Gasteiger partial charge in [-0.1, -0.05) is 58.3 Å². The summed E-state index contributed by atoms with van der Waals surface area (Å²) in [5.41, 5.74) is 0. The normalized spacial score (nSPS) is 12.7. The molecule has 0 unspecified atom stereocenters. The maximum absolute atomic E-state index is 2.94. The van der Waals surface area contributed by atoms with Gasteiger partial charge in [0.1, 0.15) is 0 Å². The van der Waals surface area contributed by atoms with Crippen LogP contribution in [0.4, 0.5) is 0 Å². The van der Waals surface area contributed by atoms with Crippen LogP contribution in [0.3, 0.4) is 0 Å². The first-order valence-electron chi connectivity index (χ1n) is 17.1. The van der Waals surface area contributed by atoms with Crippen LogP contribution in [0.15, 0.2) is 91.0 Å². The van der Waals surface area contributed by atoms with Crippen LogP contribution in [-0.2, 0) is 0 Å². The van der Waals surface area contributed by atoms with Crippen molar-refractivity contribution < 1.29 is 0 Å². The Morgan fingerprint density at radius 2 is 0.610 bits per heavy atom. The van der Waals surface area contributed by atoms with Crippen molar-refractivity contribution in [1.29, 1.82) is 0 Å². The van der Waals surface area contributed by atoms with Gasteiger partial charge in [0.05, 0.1) is 0 Å². The molecule has 0 aliphatic carbocycles. The van der Waals surface area contributed by atoms with Crippen LogP contribution in [0.1, 0.15) is 129 Å². The van der Waals surface area contributed by atoms with Crippen LogP contribution in [0.25, 0.3) is 0 Å². The van der Waals surface area contributed by atoms with Crippen molar-refractivity contribution in [3.05, 3.63) is 91.0 Å². The molecule has 0 nitrogen and oxygen atoms in total. The van der Waals surface area contributed by atoms with Crippen molar-refractivity contribution in [2.75, 3.05) is 6.16 Å². The van der Waals surface area contributed by atoms with E-state index in [2.05, 4.69) is 120 Å². The first kappa shape index (κ1) is 34.3. The van der Waals surface area contributed by atoms with Crippen LogP contribution in [0, 0.1) is 0 Å². The summed E-state index contributed by atoms with van der Waals surface area (Å²) in [5, 5.41) is 4.54. The van der Waals surface area contributed by atoms with Crippen molar-refractivity contribution in [3.8, 4) is 0 Å². The van der Waals surface area contributed by atoms with Gasteiger partial charge in [0.25, 0.3) is 0 Å². The summed E-state index contributed by atoms with van der Waals surface area (Å²) in [4.78, 5) is 0. The van der Waals surface area contributed by atoms with Crippen LogP contribution in [-0.4, -0.2) is 6.16 Å². The number of unbranched alkanes of at least 4 members (excludes halogenated alkanes) is 18. The average molecular weight is 685 g/mol. The molecule has 0 saturated heterocycles. The number of halogens is 1. The van der Waals surface area contributed by atoms with Gasteiger partial charge in [0, 0.05) is 0 Å². The third-order valence-corrected chi connectivity index (χ3v) is 20.8. The van der Waals surface area contributed by atoms with E-state index in [0.29, 0.717) is 0 Å². The summed E-state index contributed by atoms with van der Waals surface area (Å²) < 4.78 is -2.58. The molecule has 0 radical (unpaired) electrons. The third kappa shape index (κ3) is 10.8. The first-order chi connectivity index (χ1) is 20.2. The fourth-order valence-corrected chi connectivity index (χ4v) is 15.3. The second-order valence-electron chi connectivity index (χ2n) is 12.3. The van der Waals surface area contributed by atoms with Gasteiger partial charge in [-0.2, -0.15) is 0 Å². The molecule has 0 saturated carbocycles. The molecule has 0 aromatic heterocycles. The number of rotatable bonds is 23. The molecule has 2 heteroatoms. The van der Waals surface area contributed by atoms with Gasteiger partial charge in [-0.15, -0.1) is 0 Å². The van der Waals surface area contributed by atoms with Crippen LogP contribution < -0.4 is 15.9 Å². The molecule has 3 aromatic carbocycles. The van der Waals surface area contributed by atoms with E-state index < -0.39 is 4.25 Å². The van der Waals surface area contributed by atoms with E-state index in [4.69, 9.17) is 0 Å². The zero-order chi connectivity index (χ0) is 28.9. The summed E-state index contributed by atoms with van der Waals surface area (Å²) in [6.07, 6.45) is 28.3. The van der Waals surface area contributed by atoms with Gasteiger partial charge in [-0.25, -0.2) is 0 Å². The minimum absolute atomic E-state index is 1.24. The molecule has 0 aliphatic heterocycles.